The van der Waals surface area contributed by atoms with Gasteiger partial charge in [-0.1, -0.05) is 37.3 Å². The van der Waals surface area contributed by atoms with E-state index in [1.165, 1.54) is 11.8 Å². The number of benzene rings is 1. The van der Waals surface area contributed by atoms with Crippen LogP contribution in [0.3, 0.4) is 0 Å². The van der Waals surface area contributed by atoms with E-state index in [0.717, 1.165) is 5.82 Å². The van der Waals surface area contributed by atoms with Gasteiger partial charge in [-0.05, 0) is 5.56 Å². The van der Waals surface area contributed by atoms with Gasteiger partial charge in [0.15, 0.2) is 0 Å². The van der Waals surface area contributed by atoms with Gasteiger partial charge < -0.3 is 4.57 Å². The number of aromatic nitrogens is 2. The van der Waals surface area contributed by atoms with Crippen molar-refractivity contribution >= 4 is 9.84 Å². The van der Waals surface area contributed by atoms with Crippen LogP contribution < -0.4 is 0 Å². The summed E-state index contributed by atoms with van der Waals surface area (Å²) in [6.45, 7) is 2.53. The molecule has 0 spiro atoms. The quantitative estimate of drug-likeness (QED) is 0.841. The van der Waals surface area contributed by atoms with Crippen LogP contribution in [0.15, 0.2) is 42.7 Å². The van der Waals surface area contributed by atoms with Gasteiger partial charge in [0.2, 0.25) is 0 Å². The predicted octanol–water partition coefficient (Wildman–Crippen LogP) is 2.08. The zero-order chi connectivity index (χ0) is 13.9. The third kappa shape index (κ3) is 3.67. The van der Waals surface area contributed by atoms with Gasteiger partial charge in [-0.25, -0.2) is 13.4 Å². The smallest absolute Gasteiger partial charge is 0.149 e. The molecule has 102 valence electrons. The molecule has 0 aliphatic carbocycles. The molecule has 0 bridgehead atoms. The summed E-state index contributed by atoms with van der Waals surface area (Å²) in [7, 11) is -2.96. The number of sulfone groups is 1. The predicted molar refractivity (Wildman–Crippen MR) is 75.9 cm³/mol. The maximum absolute atomic E-state index is 11.2. The summed E-state index contributed by atoms with van der Waals surface area (Å²) in [5.74, 6) is 1.18. The first-order chi connectivity index (χ1) is 8.97. The van der Waals surface area contributed by atoms with E-state index in [4.69, 9.17) is 0 Å². The fourth-order valence-corrected chi connectivity index (χ4v) is 2.57. The molecule has 1 unspecified atom stereocenters. The maximum Gasteiger partial charge on any atom is 0.149 e. The second kappa shape index (κ2) is 5.57. The standard InChI is InChI=1S/C14H18N2O2S/c1-12(13-6-4-3-5-7-13)14-15-8-9-16(14)10-11-19(2,17)18/h3-9,12H,10-11H2,1-2H3. The van der Waals surface area contributed by atoms with Crippen LogP contribution in [0.4, 0.5) is 0 Å². The number of imidazole rings is 1. The van der Waals surface area contributed by atoms with Gasteiger partial charge in [-0.2, -0.15) is 0 Å². The molecule has 2 aromatic rings. The Labute approximate surface area is 114 Å². The highest BCUT2D eigenvalue weighted by atomic mass is 32.2. The average molecular weight is 278 g/mol. The SMILES string of the molecule is CC(c1ccccc1)c1nccn1CCS(C)(=O)=O. The summed E-state index contributed by atoms with van der Waals surface area (Å²) in [6, 6.07) is 10.1. The zero-order valence-corrected chi connectivity index (χ0v) is 12.0. The minimum absolute atomic E-state index is 0.137. The van der Waals surface area contributed by atoms with E-state index in [1.54, 1.807) is 6.20 Å². The molecule has 0 saturated carbocycles. The van der Waals surface area contributed by atoms with Crippen molar-refractivity contribution in [1.82, 2.24) is 9.55 Å². The molecular formula is C14H18N2O2S. The van der Waals surface area contributed by atoms with E-state index in [9.17, 15) is 8.42 Å². The van der Waals surface area contributed by atoms with E-state index in [2.05, 4.69) is 24.0 Å². The molecule has 1 aromatic carbocycles. The number of rotatable bonds is 5. The fraction of sp³-hybridized carbons (Fsp3) is 0.357. The van der Waals surface area contributed by atoms with Gasteiger partial charge >= 0.3 is 0 Å². The lowest BCUT2D eigenvalue weighted by Crippen LogP contribution is -2.14. The van der Waals surface area contributed by atoms with Crippen molar-refractivity contribution in [3.8, 4) is 0 Å². The van der Waals surface area contributed by atoms with E-state index < -0.39 is 9.84 Å². The van der Waals surface area contributed by atoms with Crippen LogP contribution in [0.2, 0.25) is 0 Å². The largest absolute Gasteiger partial charge is 0.333 e. The average Bonchev–Trinajstić information content (AvgIpc) is 2.84. The Kier molecular flexibility index (Phi) is 4.04. The fourth-order valence-electron chi connectivity index (χ4n) is 2.05. The third-order valence-corrected chi connectivity index (χ3v) is 4.06. The lowest BCUT2D eigenvalue weighted by molar-refractivity contribution is 0.590. The molecule has 19 heavy (non-hydrogen) atoms. The molecule has 1 atom stereocenters. The Balaban J connectivity index is 2.20. The highest BCUT2D eigenvalue weighted by Crippen LogP contribution is 2.22. The van der Waals surface area contributed by atoms with Crippen LogP contribution in [0.25, 0.3) is 0 Å². The zero-order valence-electron chi connectivity index (χ0n) is 11.2. The first-order valence-electron chi connectivity index (χ1n) is 6.21. The van der Waals surface area contributed by atoms with Crippen molar-refractivity contribution in [2.45, 2.75) is 19.4 Å². The summed E-state index contributed by atoms with van der Waals surface area (Å²) in [6.07, 6.45) is 4.81. The summed E-state index contributed by atoms with van der Waals surface area (Å²) in [5.41, 5.74) is 1.18. The molecule has 1 aromatic heterocycles. The van der Waals surface area contributed by atoms with E-state index in [-0.39, 0.29) is 11.7 Å². The van der Waals surface area contributed by atoms with Crippen molar-refractivity contribution in [2.75, 3.05) is 12.0 Å². The summed E-state index contributed by atoms with van der Waals surface area (Å²) < 4.78 is 24.4. The van der Waals surface area contributed by atoms with Gasteiger partial charge in [-0.15, -0.1) is 0 Å². The second-order valence-corrected chi connectivity index (χ2v) is 7.00. The normalized spacial score (nSPS) is 13.4. The molecule has 4 nitrogen and oxygen atoms in total. The first kappa shape index (κ1) is 13.8. The second-order valence-electron chi connectivity index (χ2n) is 4.74. The lowest BCUT2D eigenvalue weighted by Gasteiger charge is -2.14. The Morgan fingerprint density at radius 2 is 1.95 bits per heavy atom. The highest BCUT2D eigenvalue weighted by Gasteiger charge is 2.14. The van der Waals surface area contributed by atoms with Crippen LogP contribution >= 0.6 is 0 Å². The molecular weight excluding hydrogens is 260 g/mol. The van der Waals surface area contributed by atoms with Crippen molar-refractivity contribution in [3.63, 3.8) is 0 Å². The van der Waals surface area contributed by atoms with Crippen molar-refractivity contribution in [1.29, 1.82) is 0 Å². The van der Waals surface area contributed by atoms with Crippen molar-refractivity contribution in [2.24, 2.45) is 0 Å². The number of hydrogen-bond donors (Lipinski definition) is 0. The molecule has 0 saturated heterocycles. The lowest BCUT2D eigenvalue weighted by atomic mass is 10.0. The van der Waals surface area contributed by atoms with Crippen LogP contribution in [-0.4, -0.2) is 30.0 Å². The maximum atomic E-state index is 11.2. The van der Waals surface area contributed by atoms with Gasteiger partial charge in [0.1, 0.15) is 15.7 Å². The van der Waals surface area contributed by atoms with E-state index in [1.807, 2.05) is 29.0 Å². The summed E-state index contributed by atoms with van der Waals surface area (Å²) in [4.78, 5) is 4.36. The molecule has 0 N–H and O–H groups in total. The Hall–Kier alpha value is -1.62. The number of nitrogens with zero attached hydrogens (tertiary/aromatic N) is 2. The van der Waals surface area contributed by atoms with Crippen LogP contribution in [0, 0.1) is 0 Å². The van der Waals surface area contributed by atoms with Crippen LogP contribution in [0.5, 0.6) is 0 Å². The van der Waals surface area contributed by atoms with E-state index in [0.29, 0.717) is 6.54 Å². The number of hydrogen-bond acceptors (Lipinski definition) is 3. The Morgan fingerprint density at radius 3 is 2.58 bits per heavy atom. The molecule has 1 heterocycles. The van der Waals surface area contributed by atoms with Crippen molar-refractivity contribution < 1.29 is 8.42 Å². The topological polar surface area (TPSA) is 52.0 Å². The summed E-state index contributed by atoms with van der Waals surface area (Å²) in [5, 5.41) is 0. The molecule has 5 heteroatoms. The third-order valence-electron chi connectivity index (χ3n) is 3.14. The molecule has 0 amide bonds. The van der Waals surface area contributed by atoms with Crippen molar-refractivity contribution in [3.05, 3.63) is 54.1 Å². The number of aryl methyl sites for hydroxylation is 1. The Bertz CT molecular complexity index is 632. The van der Waals surface area contributed by atoms with Gasteiger partial charge in [0.05, 0.1) is 5.75 Å². The first-order valence-corrected chi connectivity index (χ1v) is 8.27. The highest BCUT2D eigenvalue weighted by molar-refractivity contribution is 7.90. The van der Waals surface area contributed by atoms with Gasteiger partial charge in [0, 0.05) is 31.1 Å². The Morgan fingerprint density at radius 1 is 1.26 bits per heavy atom. The monoisotopic (exact) mass is 278 g/mol. The van der Waals surface area contributed by atoms with Gasteiger partial charge in [-0.3, -0.25) is 0 Å². The molecule has 0 aliphatic rings. The van der Waals surface area contributed by atoms with Crippen LogP contribution in [-0.2, 0) is 16.4 Å². The summed E-state index contributed by atoms with van der Waals surface area (Å²) >= 11 is 0. The van der Waals surface area contributed by atoms with Gasteiger partial charge in [0.25, 0.3) is 0 Å². The minimum atomic E-state index is -2.96. The van der Waals surface area contributed by atoms with Crippen LogP contribution in [0.1, 0.15) is 24.2 Å². The molecule has 0 fully saturated rings. The van der Waals surface area contributed by atoms with E-state index >= 15 is 0 Å². The molecule has 0 aliphatic heterocycles. The molecule has 0 radical (unpaired) electrons. The minimum Gasteiger partial charge on any atom is -0.333 e. The molecule has 2 rings (SSSR count).